The van der Waals surface area contributed by atoms with Crippen molar-refractivity contribution in [3.8, 4) is 23.3 Å². The zero-order valence-corrected chi connectivity index (χ0v) is 21.1. The lowest BCUT2D eigenvalue weighted by Gasteiger charge is -2.24. The minimum absolute atomic E-state index is 0.199. The third-order valence-electron chi connectivity index (χ3n) is 6.05. The number of benzene rings is 3. The van der Waals surface area contributed by atoms with E-state index in [1.807, 2.05) is 44.2 Å². The number of aryl methyl sites for hydroxylation is 1. The fourth-order valence-corrected chi connectivity index (χ4v) is 4.05. The highest BCUT2D eigenvalue weighted by Crippen LogP contribution is 2.39. The van der Waals surface area contributed by atoms with Crippen LogP contribution < -0.4 is 14.8 Å². The lowest BCUT2D eigenvalue weighted by atomic mass is 9.91. The van der Waals surface area contributed by atoms with Gasteiger partial charge in [-0.1, -0.05) is 31.2 Å². The SMILES string of the molecule is CC/C=C(/C=Nc1ccccc1C)NC(=O)c1ccc(Oc2cc3c(cc2C#N)C(C(=O)O)CCO3)cc1. The van der Waals surface area contributed by atoms with Gasteiger partial charge in [0.05, 0.1) is 35.7 Å². The van der Waals surface area contributed by atoms with Crippen molar-refractivity contribution in [2.75, 3.05) is 6.61 Å². The topological polar surface area (TPSA) is 121 Å². The number of amides is 1. The Labute approximate surface area is 220 Å². The number of allylic oxidation sites excluding steroid dienone is 2. The Morgan fingerprint density at radius 3 is 2.66 bits per heavy atom. The van der Waals surface area contributed by atoms with Crippen LogP contribution in [0.25, 0.3) is 0 Å². The molecule has 3 aromatic carbocycles. The van der Waals surface area contributed by atoms with E-state index in [9.17, 15) is 20.0 Å². The summed E-state index contributed by atoms with van der Waals surface area (Å²) in [6, 6.07) is 19.3. The van der Waals surface area contributed by atoms with E-state index in [4.69, 9.17) is 9.47 Å². The van der Waals surface area contributed by atoms with Crippen LogP contribution in [0.2, 0.25) is 0 Å². The molecule has 192 valence electrons. The number of rotatable bonds is 8. The van der Waals surface area contributed by atoms with E-state index in [2.05, 4.69) is 16.4 Å². The highest BCUT2D eigenvalue weighted by Gasteiger charge is 2.29. The van der Waals surface area contributed by atoms with E-state index in [-0.39, 0.29) is 23.8 Å². The standard InChI is InChI=1S/C30H27N3O5/c1-3-6-22(18-32-26-8-5-4-7-19(26)2)33-29(34)20-9-11-23(12-10-20)38-27-16-28-25(15-21(27)17-31)24(30(35)36)13-14-37-28/h4-12,15-16,18,24H,3,13-14H2,1-2H3,(H,33,34)(H,35,36)/b22-6-,32-18?. The second kappa shape index (κ2) is 11.9. The van der Waals surface area contributed by atoms with Gasteiger partial charge in [0.15, 0.2) is 0 Å². The van der Waals surface area contributed by atoms with Crippen molar-refractivity contribution in [2.45, 2.75) is 32.6 Å². The van der Waals surface area contributed by atoms with Gasteiger partial charge < -0.3 is 19.9 Å². The fourth-order valence-electron chi connectivity index (χ4n) is 4.05. The van der Waals surface area contributed by atoms with Crippen LogP contribution in [0, 0.1) is 18.3 Å². The molecular weight excluding hydrogens is 482 g/mol. The summed E-state index contributed by atoms with van der Waals surface area (Å²) >= 11 is 0. The van der Waals surface area contributed by atoms with E-state index in [1.54, 1.807) is 36.5 Å². The molecule has 1 amide bonds. The van der Waals surface area contributed by atoms with E-state index in [1.165, 1.54) is 6.07 Å². The molecule has 0 fully saturated rings. The van der Waals surface area contributed by atoms with E-state index < -0.39 is 11.9 Å². The molecule has 3 aromatic rings. The van der Waals surface area contributed by atoms with Gasteiger partial charge in [-0.15, -0.1) is 0 Å². The largest absolute Gasteiger partial charge is 0.493 e. The number of carboxylic acid groups (broad SMARTS) is 1. The summed E-state index contributed by atoms with van der Waals surface area (Å²) in [5.41, 5.74) is 3.53. The summed E-state index contributed by atoms with van der Waals surface area (Å²) in [6.45, 7) is 4.22. The number of carbonyl (C=O) groups is 2. The third kappa shape index (κ3) is 6.08. The van der Waals surface area contributed by atoms with Crippen LogP contribution in [0.3, 0.4) is 0 Å². The van der Waals surface area contributed by atoms with Crippen molar-refractivity contribution in [1.82, 2.24) is 5.32 Å². The van der Waals surface area contributed by atoms with Gasteiger partial charge in [0, 0.05) is 17.2 Å². The van der Waals surface area contributed by atoms with Crippen LogP contribution in [-0.4, -0.2) is 29.8 Å². The van der Waals surface area contributed by atoms with Crippen LogP contribution in [0.4, 0.5) is 5.69 Å². The zero-order chi connectivity index (χ0) is 27.1. The van der Waals surface area contributed by atoms with Crippen LogP contribution in [0.15, 0.2) is 77.4 Å². The molecule has 1 atom stereocenters. The van der Waals surface area contributed by atoms with Gasteiger partial charge in [-0.3, -0.25) is 14.6 Å². The number of nitriles is 1. The van der Waals surface area contributed by atoms with Crippen LogP contribution in [0.5, 0.6) is 17.2 Å². The normalized spacial score (nSPS) is 14.8. The second-order valence-electron chi connectivity index (χ2n) is 8.72. The number of nitrogens with zero attached hydrogens (tertiary/aromatic N) is 2. The molecule has 1 aliphatic heterocycles. The van der Waals surface area contributed by atoms with Crippen LogP contribution in [0.1, 0.15) is 52.7 Å². The zero-order valence-electron chi connectivity index (χ0n) is 21.1. The van der Waals surface area contributed by atoms with Gasteiger partial charge in [0.2, 0.25) is 0 Å². The van der Waals surface area contributed by atoms with Crippen molar-refractivity contribution >= 4 is 23.8 Å². The van der Waals surface area contributed by atoms with Gasteiger partial charge in [-0.25, -0.2) is 0 Å². The molecule has 0 aliphatic carbocycles. The molecule has 4 rings (SSSR count). The summed E-state index contributed by atoms with van der Waals surface area (Å²) in [4.78, 5) is 28.9. The minimum Gasteiger partial charge on any atom is -0.493 e. The number of carboxylic acids is 1. The number of ether oxygens (including phenoxy) is 2. The third-order valence-corrected chi connectivity index (χ3v) is 6.05. The van der Waals surface area contributed by atoms with Gasteiger partial charge in [-0.05, 0) is 61.7 Å². The molecule has 8 heteroatoms. The Bertz CT molecular complexity index is 1450. The second-order valence-corrected chi connectivity index (χ2v) is 8.72. The van der Waals surface area contributed by atoms with E-state index in [0.717, 1.165) is 17.7 Å². The number of hydrogen-bond donors (Lipinski definition) is 2. The quantitative estimate of drug-likeness (QED) is 0.357. The number of para-hydroxylation sites is 1. The Balaban J connectivity index is 1.48. The Hall–Kier alpha value is -4.90. The number of aliphatic imine (C=N–C) groups is 1. The molecule has 1 unspecified atom stereocenters. The number of hydrogen-bond acceptors (Lipinski definition) is 6. The predicted octanol–water partition coefficient (Wildman–Crippen LogP) is 6.04. The average Bonchev–Trinajstić information content (AvgIpc) is 2.92. The van der Waals surface area contributed by atoms with Crippen molar-refractivity contribution in [1.29, 1.82) is 5.26 Å². The van der Waals surface area contributed by atoms with Gasteiger partial charge in [0.25, 0.3) is 5.91 Å². The van der Waals surface area contributed by atoms with Crippen molar-refractivity contribution < 1.29 is 24.2 Å². The first-order chi connectivity index (χ1) is 18.4. The van der Waals surface area contributed by atoms with Crippen LogP contribution in [-0.2, 0) is 4.79 Å². The highest BCUT2D eigenvalue weighted by molar-refractivity contribution is 5.99. The Morgan fingerprint density at radius 2 is 1.97 bits per heavy atom. The molecule has 0 saturated carbocycles. The molecule has 2 N–H and O–H groups in total. The van der Waals surface area contributed by atoms with Crippen LogP contribution >= 0.6 is 0 Å². The van der Waals surface area contributed by atoms with E-state index in [0.29, 0.717) is 34.7 Å². The molecule has 0 aromatic heterocycles. The summed E-state index contributed by atoms with van der Waals surface area (Å²) in [7, 11) is 0. The smallest absolute Gasteiger partial charge is 0.311 e. The molecule has 0 spiro atoms. The predicted molar refractivity (Wildman–Crippen MR) is 143 cm³/mol. The molecule has 38 heavy (non-hydrogen) atoms. The maximum atomic E-state index is 12.9. The first-order valence-corrected chi connectivity index (χ1v) is 12.2. The molecule has 1 aliphatic rings. The maximum Gasteiger partial charge on any atom is 0.311 e. The summed E-state index contributed by atoms with van der Waals surface area (Å²) < 4.78 is 11.5. The molecule has 0 radical (unpaired) electrons. The molecule has 0 bridgehead atoms. The average molecular weight is 510 g/mol. The van der Waals surface area contributed by atoms with Gasteiger partial charge >= 0.3 is 5.97 Å². The summed E-state index contributed by atoms with van der Waals surface area (Å²) in [6.07, 6.45) is 4.58. The van der Waals surface area contributed by atoms with Crippen molar-refractivity contribution in [2.24, 2.45) is 4.99 Å². The number of nitrogens with one attached hydrogen (secondary N) is 1. The molecule has 8 nitrogen and oxygen atoms in total. The molecule has 1 heterocycles. The first-order valence-electron chi connectivity index (χ1n) is 12.2. The highest BCUT2D eigenvalue weighted by atomic mass is 16.5. The number of fused-ring (bicyclic) bond motifs is 1. The monoisotopic (exact) mass is 509 g/mol. The maximum absolute atomic E-state index is 12.9. The van der Waals surface area contributed by atoms with Gasteiger partial charge in [0.1, 0.15) is 23.3 Å². The first kappa shape index (κ1) is 26.2. The summed E-state index contributed by atoms with van der Waals surface area (Å²) in [5, 5.41) is 22.0. The minimum atomic E-state index is -0.959. The van der Waals surface area contributed by atoms with Crippen molar-refractivity contribution in [3.63, 3.8) is 0 Å². The number of carbonyl (C=O) groups excluding carboxylic acids is 1. The Kier molecular flexibility index (Phi) is 8.19. The lowest BCUT2D eigenvalue weighted by molar-refractivity contribution is -0.139. The lowest BCUT2D eigenvalue weighted by Crippen LogP contribution is -2.23. The number of aliphatic carboxylic acids is 1. The van der Waals surface area contributed by atoms with Gasteiger partial charge in [-0.2, -0.15) is 5.26 Å². The molecule has 0 saturated heterocycles. The molecular formula is C30H27N3O5. The fraction of sp³-hybridized carbons (Fsp3) is 0.200. The Morgan fingerprint density at radius 1 is 1.21 bits per heavy atom. The summed E-state index contributed by atoms with van der Waals surface area (Å²) in [5.74, 6) is -0.946. The van der Waals surface area contributed by atoms with Crippen molar-refractivity contribution in [3.05, 3.63) is 94.7 Å². The van der Waals surface area contributed by atoms with E-state index >= 15 is 0 Å².